The largest absolute Gasteiger partial charge is 0.368 e. The molecule has 0 radical (unpaired) electrons. The predicted molar refractivity (Wildman–Crippen MR) is 52.7 cm³/mol. The minimum absolute atomic E-state index is 0.156. The Morgan fingerprint density at radius 2 is 2.07 bits per heavy atom. The molecule has 15 heavy (non-hydrogen) atoms. The lowest BCUT2D eigenvalue weighted by atomic mass is 10.1. The van der Waals surface area contributed by atoms with E-state index < -0.39 is 0 Å². The molecule has 4 heteroatoms. The van der Waals surface area contributed by atoms with Crippen LogP contribution in [-0.2, 0) is 4.74 Å². The third kappa shape index (κ3) is 1.53. The van der Waals surface area contributed by atoms with Gasteiger partial charge in [0.25, 0.3) is 0 Å². The molecule has 1 aliphatic heterocycles. The Morgan fingerprint density at radius 3 is 2.73 bits per heavy atom. The number of nitrogens with zero attached hydrogens (tertiary/aromatic N) is 1. The number of hydrogen-bond donors (Lipinski definition) is 1. The fraction of sp³-hybridized carbons (Fsp3) is 0.182. The average Bonchev–Trinajstić information content (AvgIpc) is 2.98. The van der Waals surface area contributed by atoms with E-state index in [0.29, 0.717) is 0 Å². The lowest BCUT2D eigenvalue weighted by molar-refractivity contribution is 0.416. The molecule has 2 heterocycles. The molecule has 0 aliphatic carbocycles. The van der Waals surface area contributed by atoms with Crippen molar-refractivity contribution in [2.75, 3.05) is 6.61 Å². The van der Waals surface area contributed by atoms with E-state index in [-0.39, 0.29) is 11.9 Å². The summed E-state index contributed by atoms with van der Waals surface area (Å²) in [5.41, 5.74) is 2.89. The first kappa shape index (κ1) is 8.61. The highest BCUT2D eigenvalue weighted by Gasteiger charge is 2.29. The van der Waals surface area contributed by atoms with Crippen LogP contribution in [0.2, 0.25) is 0 Å². The van der Waals surface area contributed by atoms with Crippen molar-refractivity contribution in [1.29, 1.82) is 0 Å². The van der Waals surface area contributed by atoms with Crippen LogP contribution < -0.4 is 0 Å². The van der Waals surface area contributed by atoms with Crippen LogP contribution in [-0.4, -0.2) is 16.8 Å². The highest BCUT2D eigenvalue weighted by Crippen LogP contribution is 2.35. The first-order valence-electron chi connectivity index (χ1n) is 4.75. The van der Waals surface area contributed by atoms with Gasteiger partial charge in [-0.1, -0.05) is 0 Å². The van der Waals surface area contributed by atoms with E-state index in [9.17, 15) is 4.39 Å². The van der Waals surface area contributed by atoms with E-state index in [0.717, 1.165) is 23.4 Å². The normalized spacial score (nSPS) is 19.1. The second-order valence-corrected chi connectivity index (χ2v) is 3.53. The molecule has 0 saturated carbocycles. The van der Waals surface area contributed by atoms with E-state index in [2.05, 4.69) is 10.2 Å². The fourth-order valence-electron chi connectivity index (χ4n) is 1.62. The van der Waals surface area contributed by atoms with Gasteiger partial charge in [-0.25, -0.2) is 4.39 Å². The number of epoxide rings is 1. The maximum atomic E-state index is 12.7. The van der Waals surface area contributed by atoms with Crippen molar-refractivity contribution in [3.63, 3.8) is 0 Å². The predicted octanol–water partition coefficient (Wildman–Crippen LogP) is 2.29. The molecule has 3 nitrogen and oxygen atoms in total. The number of H-pyrrole nitrogens is 1. The third-order valence-electron chi connectivity index (χ3n) is 2.48. The van der Waals surface area contributed by atoms with E-state index in [1.165, 1.54) is 12.1 Å². The van der Waals surface area contributed by atoms with Gasteiger partial charge in [0.1, 0.15) is 11.9 Å². The Morgan fingerprint density at radius 1 is 1.33 bits per heavy atom. The molecule has 1 aromatic heterocycles. The van der Waals surface area contributed by atoms with Gasteiger partial charge in [-0.3, -0.25) is 5.10 Å². The summed E-state index contributed by atoms with van der Waals surface area (Å²) >= 11 is 0. The summed E-state index contributed by atoms with van der Waals surface area (Å²) in [4.78, 5) is 0. The summed E-state index contributed by atoms with van der Waals surface area (Å²) in [5.74, 6) is -0.234. The maximum Gasteiger partial charge on any atom is 0.123 e. The maximum absolute atomic E-state index is 12.7. The van der Waals surface area contributed by atoms with Crippen LogP contribution in [0.15, 0.2) is 30.5 Å². The van der Waals surface area contributed by atoms with Crippen molar-refractivity contribution in [3.8, 4) is 11.3 Å². The number of benzene rings is 1. The van der Waals surface area contributed by atoms with Crippen LogP contribution in [0.4, 0.5) is 4.39 Å². The number of aromatic amines is 1. The first-order chi connectivity index (χ1) is 7.34. The Balaban J connectivity index is 2.04. The van der Waals surface area contributed by atoms with E-state index in [4.69, 9.17) is 4.74 Å². The number of ether oxygens (including phenoxy) is 1. The molecule has 1 unspecified atom stereocenters. The smallest absolute Gasteiger partial charge is 0.123 e. The molecule has 0 bridgehead atoms. The van der Waals surface area contributed by atoms with Gasteiger partial charge in [-0.05, 0) is 24.3 Å². The van der Waals surface area contributed by atoms with E-state index >= 15 is 0 Å². The molecule has 1 aromatic carbocycles. The molecule has 0 spiro atoms. The molecular formula is C11H9FN2O. The SMILES string of the molecule is Fc1ccc(-c2[nH]ncc2C2CO2)cc1. The molecule has 1 saturated heterocycles. The van der Waals surface area contributed by atoms with Crippen LogP contribution >= 0.6 is 0 Å². The quantitative estimate of drug-likeness (QED) is 0.762. The summed E-state index contributed by atoms with van der Waals surface area (Å²) in [6.07, 6.45) is 1.92. The van der Waals surface area contributed by atoms with Crippen molar-refractivity contribution < 1.29 is 9.13 Å². The van der Waals surface area contributed by atoms with Crippen LogP contribution in [0.25, 0.3) is 11.3 Å². The van der Waals surface area contributed by atoms with Crippen molar-refractivity contribution in [2.24, 2.45) is 0 Å². The van der Waals surface area contributed by atoms with Gasteiger partial charge >= 0.3 is 0 Å². The van der Waals surface area contributed by atoms with Crippen molar-refractivity contribution in [2.45, 2.75) is 6.10 Å². The second-order valence-electron chi connectivity index (χ2n) is 3.53. The minimum atomic E-state index is -0.234. The van der Waals surface area contributed by atoms with Gasteiger partial charge in [0, 0.05) is 11.1 Å². The summed E-state index contributed by atoms with van der Waals surface area (Å²) < 4.78 is 18.0. The summed E-state index contributed by atoms with van der Waals surface area (Å²) in [7, 11) is 0. The number of hydrogen-bond acceptors (Lipinski definition) is 2. The van der Waals surface area contributed by atoms with Crippen LogP contribution in [0, 0.1) is 5.82 Å². The first-order valence-corrected chi connectivity index (χ1v) is 4.75. The zero-order valence-electron chi connectivity index (χ0n) is 7.90. The number of halogens is 1. The van der Waals surface area contributed by atoms with Gasteiger partial charge in [0.05, 0.1) is 18.5 Å². The van der Waals surface area contributed by atoms with Crippen molar-refractivity contribution in [3.05, 3.63) is 41.8 Å². The standard InChI is InChI=1S/C11H9FN2O/c12-8-3-1-7(2-4-8)11-9(5-13-14-11)10-6-15-10/h1-5,10H,6H2,(H,13,14). The molecule has 2 aromatic rings. The lowest BCUT2D eigenvalue weighted by Gasteiger charge is -2.00. The average molecular weight is 204 g/mol. The molecule has 1 aliphatic rings. The van der Waals surface area contributed by atoms with E-state index in [1.54, 1.807) is 18.3 Å². The summed E-state index contributed by atoms with van der Waals surface area (Å²) in [5, 5.41) is 6.89. The zero-order valence-corrected chi connectivity index (χ0v) is 7.90. The van der Waals surface area contributed by atoms with Crippen molar-refractivity contribution in [1.82, 2.24) is 10.2 Å². The molecule has 3 rings (SSSR count). The van der Waals surface area contributed by atoms with Gasteiger partial charge in [0.15, 0.2) is 0 Å². The fourth-order valence-corrected chi connectivity index (χ4v) is 1.62. The Labute approximate surface area is 85.9 Å². The summed E-state index contributed by atoms with van der Waals surface area (Å²) in [6.45, 7) is 0.744. The molecule has 1 fully saturated rings. The van der Waals surface area contributed by atoms with Gasteiger partial charge in [-0.2, -0.15) is 5.10 Å². The second kappa shape index (κ2) is 3.17. The van der Waals surface area contributed by atoms with Crippen LogP contribution in [0.3, 0.4) is 0 Å². The van der Waals surface area contributed by atoms with Gasteiger partial charge in [0.2, 0.25) is 0 Å². The van der Waals surface area contributed by atoms with Gasteiger partial charge in [-0.15, -0.1) is 0 Å². The number of aromatic nitrogens is 2. The van der Waals surface area contributed by atoms with E-state index in [1.807, 2.05) is 0 Å². The Kier molecular flexibility index (Phi) is 1.82. The number of rotatable bonds is 2. The van der Waals surface area contributed by atoms with Crippen LogP contribution in [0.5, 0.6) is 0 Å². The molecule has 0 amide bonds. The zero-order chi connectivity index (χ0) is 10.3. The topological polar surface area (TPSA) is 41.2 Å². The highest BCUT2D eigenvalue weighted by molar-refractivity contribution is 5.63. The Bertz CT molecular complexity index is 474. The molecule has 1 N–H and O–H groups in total. The molecule has 1 atom stereocenters. The molecule has 76 valence electrons. The lowest BCUT2D eigenvalue weighted by Crippen LogP contribution is -1.85. The van der Waals surface area contributed by atoms with Crippen LogP contribution in [0.1, 0.15) is 11.7 Å². The highest BCUT2D eigenvalue weighted by atomic mass is 19.1. The van der Waals surface area contributed by atoms with Crippen molar-refractivity contribution >= 4 is 0 Å². The third-order valence-corrected chi connectivity index (χ3v) is 2.48. The monoisotopic (exact) mass is 204 g/mol. The van der Waals surface area contributed by atoms with Gasteiger partial charge < -0.3 is 4.74 Å². The minimum Gasteiger partial charge on any atom is -0.368 e. The Hall–Kier alpha value is -1.68. The number of nitrogens with one attached hydrogen (secondary N) is 1. The molecular weight excluding hydrogens is 195 g/mol. The summed E-state index contributed by atoms with van der Waals surface area (Å²) in [6, 6.07) is 6.34.